The van der Waals surface area contributed by atoms with Gasteiger partial charge in [0.25, 0.3) is 0 Å². The Morgan fingerprint density at radius 3 is 2.71 bits per heavy atom. The molecule has 0 aliphatic heterocycles. The lowest BCUT2D eigenvalue weighted by molar-refractivity contribution is 0.174. The summed E-state index contributed by atoms with van der Waals surface area (Å²) in [5.41, 5.74) is 0. The number of hydrogen-bond acceptors (Lipinski definition) is 4. The van der Waals surface area contributed by atoms with Gasteiger partial charge in [-0.15, -0.1) is 0 Å². The van der Waals surface area contributed by atoms with E-state index >= 15 is 0 Å². The van der Waals surface area contributed by atoms with Gasteiger partial charge in [-0.1, -0.05) is 11.6 Å². The third kappa shape index (κ3) is 3.47. The Labute approximate surface area is 88.2 Å². The van der Waals surface area contributed by atoms with Gasteiger partial charge < -0.3 is 9.47 Å². The van der Waals surface area contributed by atoms with Crippen LogP contribution in [0.2, 0.25) is 5.15 Å². The molecule has 0 saturated heterocycles. The smallest absolute Gasteiger partial charge is 0.218 e. The Morgan fingerprint density at radius 1 is 1.43 bits per heavy atom. The topological polar surface area (TPSA) is 44.2 Å². The summed E-state index contributed by atoms with van der Waals surface area (Å²) in [7, 11) is 1.58. The number of halogens is 1. The molecule has 78 valence electrons. The van der Waals surface area contributed by atoms with Crippen LogP contribution >= 0.6 is 11.6 Å². The zero-order chi connectivity index (χ0) is 10.6. The quantitative estimate of drug-likeness (QED) is 0.723. The minimum absolute atomic E-state index is 0.0661. The summed E-state index contributed by atoms with van der Waals surface area (Å²) >= 11 is 5.78. The molecule has 1 aromatic heterocycles. The van der Waals surface area contributed by atoms with Gasteiger partial charge in [-0.25, -0.2) is 4.98 Å². The fourth-order valence-electron chi connectivity index (χ4n) is 0.937. The van der Waals surface area contributed by atoms with Crippen molar-refractivity contribution in [3.05, 3.63) is 17.0 Å². The number of aromatic nitrogens is 2. The first kappa shape index (κ1) is 11.2. The lowest BCUT2D eigenvalue weighted by Gasteiger charge is -2.09. The van der Waals surface area contributed by atoms with Crippen LogP contribution in [0.4, 0.5) is 0 Å². The Morgan fingerprint density at radius 2 is 2.14 bits per heavy atom. The highest BCUT2D eigenvalue weighted by atomic mass is 35.5. The van der Waals surface area contributed by atoms with E-state index in [1.54, 1.807) is 13.2 Å². The largest absolute Gasteiger partial charge is 0.475 e. The number of nitrogens with zero attached hydrogens (tertiary/aromatic N) is 2. The van der Waals surface area contributed by atoms with Gasteiger partial charge in [0.1, 0.15) is 11.8 Å². The predicted octanol–water partition coefficient (Wildman–Crippen LogP) is 2.06. The first-order valence-electron chi connectivity index (χ1n) is 4.31. The molecule has 0 amide bonds. The van der Waals surface area contributed by atoms with Gasteiger partial charge in [0, 0.05) is 13.2 Å². The highest BCUT2D eigenvalue weighted by Gasteiger charge is 2.05. The molecule has 0 unspecified atom stereocenters. The summed E-state index contributed by atoms with van der Waals surface area (Å²) in [6.07, 6.45) is 0.0661. The Bertz CT molecular complexity index is 305. The molecule has 0 aliphatic carbocycles. The van der Waals surface area contributed by atoms with Gasteiger partial charge in [0.15, 0.2) is 5.82 Å². The summed E-state index contributed by atoms with van der Waals surface area (Å²) in [6.45, 7) is 4.17. The maximum absolute atomic E-state index is 5.78. The van der Waals surface area contributed by atoms with E-state index in [0.29, 0.717) is 23.5 Å². The summed E-state index contributed by atoms with van der Waals surface area (Å²) < 4.78 is 10.3. The highest BCUT2D eigenvalue weighted by Crippen LogP contribution is 2.15. The van der Waals surface area contributed by atoms with E-state index in [1.165, 1.54) is 0 Å². The van der Waals surface area contributed by atoms with E-state index in [0.717, 1.165) is 0 Å². The minimum Gasteiger partial charge on any atom is -0.475 e. The second-order valence-electron chi connectivity index (χ2n) is 3.04. The van der Waals surface area contributed by atoms with Crippen molar-refractivity contribution in [1.82, 2.24) is 9.97 Å². The maximum atomic E-state index is 5.78. The van der Waals surface area contributed by atoms with E-state index in [-0.39, 0.29) is 6.10 Å². The second-order valence-corrected chi connectivity index (χ2v) is 3.43. The van der Waals surface area contributed by atoms with Crippen LogP contribution in [0.1, 0.15) is 19.7 Å². The number of methoxy groups -OCH3 is 1. The van der Waals surface area contributed by atoms with Crippen LogP contribution in [0.15, 0.2) is 6.07 Å². The molecule has 5 heteroatoms. The number of rotatable bonds is 4. The molecule has 0 spiro atoms. The Kier molecular flexibility index (Phi) is 4.10. The zero-order valence-corrected chi connectivity index (χ0v) is 9.21. The van der Waals surface area contributed by atoms with Crippen LogP contribution in [0.5, 0.6) is 5.88 Å². The zero-order valence-electron chi connectivity index (χ0n) is 8.45. The molecule has 0 atom stereocenters. The fraction of sp³-hybridized carbons (Fsp3) is 0.556. The summed E-state index contributed by atoms with van der Waals surface area (Å²) in [5.74, 6) is 1.00. The van der Waals surface area contributed by atoms with Gasteiger partial charge in [0.2, 0.25) is 5.88 Å². The molecule has 0 radical (unpaired) electrons. The third-order valence-corrected chi connectivity index (χ3v) is 1.54. The van der Waals surface area contributed by atoms with E-state index < -0.39 is 0 Å². The second kappa shape index (κ2) is 5.12. The van der Waals surface area contributed by atoms with Gasteiger partial charge in [-0.2, -0.15) is 4.98 Å². The van der Waals surface area contributed by atoms with Crippen LogP contribution in [-0.4, -0.2) is 23.2 Å². The number of hydrogen-bond donors (Lipinski definition) is 0. The SMILES string of the molecule is COCc1nc(Cl)cc(OC(C)C)n1. The van der Waals surface area contributed by atoms with E-state index in [2.05, 4.69) is 9.97 Å². The molecule has 0 saturated carbocycles. The van der Waals surface area contributed by atoms with Gasteiger partial charge in [-0.05, 0) is 13.8 Å². The predicted molar refractivity (Wildman–Crippen MR) is 53.5 cm³/mol. The minimum atomic E-state index is 0.0661. The van der Waals surface area contributed by atoms with Crippen molar-refractivity contribution in [3.8, 4) is 5.88 Å². The molecule has 1 aromatic rings. The standard InChI is InChI=1S/C9H13ClN2O2/c1-6(2)14-9-4-7(10)11-8(12-9)5-13-3/h4,6H,5H2,1-3H3. The molecule has 1 heterocycles. The normalized spacial score (nSPS) is 10.6. The Hall–Kier alpha value is -0.870. The van der Waals surface area contributed by atoms with Crippen molar-refractivity contribution < 1.29 is 9.47 Å². The van der Waals surface area contributed by atoms with Gasteiger partial charge in [-0.3, -0.25) is 0 Å². The summed E-state index contributed by atoms with van der Waals surface area (Å²) in [5, 5.41) is 0.364. The molecule has 0 aromatic carbocycles. The summed E-state index contributed by atoms with van der Waals surface area (Å²) in [6, 6.07) is 1.58. The van der Waals surface area contributed by atoms with Gasteiger partial charge >= 0.3 is 0 Å². The molecule has 0 aliphatic rings. The lowest BCUT2D eigenvalue weighted by atomic mass is 10.5. The van der Waals surface area contributed by atoms with E-state index in [1.807, 2.05) is 13.8 Å². The maximum Gasteiger partial charge on any atom is 0.218 e. The van der Waals surface area contributed by atoms with Crippen LogP contribution in [0.25, 0.3) is 0 Å². The molecule has 0 fully saturated rings. The third-order valence-electron chi connectivity index (χ3n) is 1.35. The van der Waals surface area contributed by atoms with E-state index in [4.69, 9.17) is 21.1 Å². The van der Waals surface area contributed by atoms with Crippen LogP contribution in [0.3, 0.4) is 0 Å². The molecular weight excluding hydrogens is 204 g/mol. The van der Waals surface area contributed by atoms with Crippen LogP contribution < -0.4 is 4.74 Å². The van der Waals surface area contributed by atoms with Gasteiger partial charge in [0.05, 0.1) is 6.10 Å². The molecule has 4 nitrogen and oxygen atoms in total. The lowest BCUT2D eigenvalue weighted by Crippen LogP contribution is -2.08. The van der Waals surface area contributed by atoms with Crippen molar-refractivity contribution in [3.63, 3.8) is 0 Å². The summed E-state index contributed by atoms with van der Waals surface area (Å²) in [4.78, 5) is 8.10. The average Bonchev–Trinajstić information content (AvgIpc) is 2.01. The Balaban J connectivity index is 2.83. The van der Waals surface area contributed by atoms with Crippen molar-refractivity contribution in [2.45, 2.75) is 26.6 Å². The molecule has 14 heavy (non-hydrogen) atoms. The van der Waals surface area contributed by atoms with Crippen LogP contribution in [0, 0.1) is 0 Å². The first-order chi connectivity index (χ1) is 6.61. The highest BCUT2D eigenvalue weighted by molar-refractivity contribution is 6.29. The van der Waals surface area contributed by atoms with Crippen molar-refractivity contribution in [2.75, 3.05) is 7.11 Å². The monoisotopic (exact) mass is 216 g/mol. The van der Waals surface area contributed by atoms with Crippen LogP contribution in [-0.2, 0) is 11.3 Å². The first-order valence-corrected chi connectivity index (χ1v) is 4.68. The van der Waals surface area contributed by atoms with Crippen molar-refractivity contribution in [2.24, 2.45) is 0 Å². The van der Waals surface area contributed by atoms with Crippen molar-refractivity contribution in [1.29, 1.82) is 0 Å². The fourth-order valence-corrected chi connectivity index (χ4v) is 1.13. The molecular formula is C9H13ClN2O2. The number of ether oxygens (including phenoxy) is 2. The average molecular weight is 217 g/mol. The molecule has 0 bridgehead atoms. The molecule has 0 N–H and O–H groups in total. The van der Waals surface area contributed by atoms with E-state index in [9.17, 15) is 0 Å². The van der Waals surface area contributed by atoms with Crippen molar-refractivity contribution >= 4 is 11.6 Å². The molecule has 1 rings (SSSR count).